The summed E-state index contributed by atoms with van der Waals surface area (Å²) in [7, 11) is 0. The van der Waals surface area contributed by atoms with Crippen LogP contribution in [0.5, 0.6) is 0 Å². The molecule has 2 nitrogen and oxygen atoms in total. The van der Waals surface area contributed by atoms with Crippen LogP contribution in [0.2, 0.25) is 0 Å². The molecule has 7 heteroatoms. The fourth-order valence-corrected chi connectivity index (χ4v) is 2.65. The largest absolute Gasteiger partial charge is 0.418 e. The van der Waals surface area contributed by atoms with Gasteiger partial charge in [0, 0.05) is 8.04 Å². The van der Waals surface area contributed by atoms with Crippen molar-refractivity contribution in [3.63, 3.8) is 0 Å². The first-order chi connectivity index (χ1) is 9.79. The highest BCUT2D eigenvalue weighted by Crippen LogP contribution is 2.36. The standard InChI is InChI=1S/C14H8BrF3INO/c15-11-4-2-1-3-9(11)13(21)20-12-6-5-8(19)7-10(12)14(16,17)18/h1-7H,(H,20,21). The summed E-state index contributed by atoms with van der Waals surface area (Å²) in [5.74, 6) is -0.603. The zero-order valence-corrected chi connectivity index (χ0v) is 14.1. The number of anilines is 1. The molecule has 2 aromatic carbocycles. The van der Waals surface area contributed by atoms with E-state index in [9.17, 15) is 18.0 Å². The number of rotatable bonds is 2. The lowest BCUT2D eigenvalue weighted by Crippen LogP contribution is -2.17. The van der Waals surface area contributed by atoms with Crippen LogP contribution in [0.15, 0.2) is 46.9 Å². The molecular formula is C14H8BrF3INO. The third-order valence-corrected chi connectivity index (χ3v) is 4.02. The fraction of sp³-hybridized carbons (Fsp3) is 0.0714. The smallest absolute Gasteiger partial charge is 0.321 e. The average molecular weight is 470 g/mol. The first-order valence-corrected chi connectivity index (χ1v) is 7.59. The van der Waals surface area contributed by atoms with Crippen molar-refractivity contribution in [2.75, 3.05) is 5.32 Å². The minimum atomic E-state index is -4.53. The van der Waals surface area contributed by atoms with E-state index in [1.807, 2.05) is 0 Å². The van der Waals surface area contributed by atoms with Crippen LogP contribution < -0.4 is 5.32 Å². The molecule has 0 atom stereocenters. The number of alkyl halides is 3. The number of carbonyl (C=O) groups is 1. The van der Waals surface area contributed by atoms with Gasteiger partial charge in [0.05, 0.1) is 16.8 Å². The van der Waals surface area contributed by atoms with Crippen molar-refractivity contribution in [1.82, 2.24) is 0 Å². The second kappa shape index (κ2) is 6.35. The third kappa shape index (κ3) is 3.97. The number of benzene rings is 2. The van der Waals surface area contributed by atoms with E-state index < -0.39 is 17.6 Å². The highest BCUT2D eigenvalue weighted by molar-refractivity contribution is 14.1. The molecule has 1 N–H and O–H groups in total. The van der Waals surface area contributed by atoms with E-state index in [0.29, 0.717) is 8.04 Å². The van der Waals surface area contributed by atoms with Crippen LogP contribution in [-0.4, -0.2) is 5.91 Å². The molecule has 1 amide bonds. The highest BCUT2D eigenvalue weighted by Gasteiger charge is 2.34. The Bertz CT molecular complexity index is 688. The van der Waals surface area contributed by atoms with E-state index in [0.717, 1.165) is 6.07 Å². The van der Waals surface area contributed by atoms with Gasteiger partial charge in [-0.2, -0.15) is 13.2 Å². The molecule has 0 aliphatic heterocycles. The Labute approximate surface area is 141 Å². The van der Waals surface area contributed by atoms with Crippen LogP contribution in [0.1, 0.15) is 15.9 Å². The normalized spacial score (nSPS) is 11.3. The summed E-state index contributed by atoms with van der Waals surface area (Å²) in [6.07, 6.45) is -4.53. The van der Waals surface area contributed by atoms with Crippen LogP contribution >= 0.6 is 38.5 Å². The molecule has 2 rings (SSSR count). The predicted octanol–water partition coefficient (Wildman–Crippen LogP) is 5.32. The van der Waals surface area contributed by atoms with Crippen molar-refractivity contribution in [2.45, 2.75) is 6.18 Å². The van der Waals surface area contributed by atoms with E-state index >= 15 is 0 Å². The number of nitrogens with one attached hydrogen (secondary N) is 1. The van der Waals surface area contributed by atoms with Crippen molar-refractivity contribution in [3.8, 4) is 0 Å². The van der Waals surface area contributed by atoms with Gasteiger partial charge >= 0.3 is 6.18 Å². The first kappa shape index (κ1) is 16.3. The Morgan fingerprint density at radius 1 is 1.14 bits per heavy atom. The topological polar surface area (TPSA) is 29.1 Å². The summed E-state index contributed by atoms with van der Waals surface area (Å²) in [6.45, 7) is 0. The van der Waals surface area contributed by atoms with Gasteiger partial charge in [0.2, 0.25) is 0 Å². The molecule has 0 unspecified atom stereocenters. The molecule has 2 aromatic rings. The minimum absolute atomic E-state index is 0.260. The number of hydrogen-bond donors (Lipinski definition) is 1. The van der Waals surface area contributed by atoms with Gasteiger partial charge in [-0.1, -0.05) is 12.1 Å². The molecule has 0 radical (unpaired) electrons. The highest BCUT2D eigenvalue weighted by atomic mass is 127. The van der Waals surface area contributed by atoms with Crippen molar-refractivity contribution in [3.05, 3.63) is 61.6 Å². The summed E-state index contributed by atoms with van der Waals surface area (Å²) in [5.41, 5.74) is -0.859. The second-order valence-corrected chi connectivity index (χ2v) is 6.22. The van der Waals surface area contributed by atoms with Crippen molar-refractivity contribution >= 4 is 50.1 Å². The third-order valence-electron chi connectivity index (χ3n) is 2.65. The van der Waals surface area contributed by atoms with Crippen molar-refractivity contribution in [1.29, 1.82) is 0 Å². The molecule has 0 aliphatic rings. The molecule has 0 saturated heterocycles. The van der Waals surface area contributed by atoms with Crippen LogP contribution in [0.25, 0.3) is 0 Å². The SMILES string of the molecule is O=C(Nc1ccc(I)cc1C(F)(F)F)c1ccccc1Br. The maximum atomic E-state index is 13.0. The van der Waals surface area contributed by atoms with Crippen molar-refractivity contribution < 1.29 is 18.0 Å². The van der Waals surface area contributed by atoms with Crippen molar-refractivity contribution in [2.24, 2.45) is 0 Å². The number of halogens is 5. The lowest BCUT2D eigenvalue weighted by molar-refractivity contribution is -0.137. The molecular weight excluding hydrogens is 462 g/mol. The monoisotopic (exact) mass is 469 g/mol. The summed E-state index contributed by atoms with van der Waals surface area (Å²) in [4.78, 5) is 12.1. The zero-order valence-electron chi connectivity index (χ0n) is 10.3. The Morgan fingerprint density at radius 3 is 2.43 bits per heavy atom. The Morgan fingerprint density at radius 2 is 1.81 bits per heavy atom. The Hall–Kier alpha value is -1.09. The number of amides is 1. The van der Waals surface area contributed by atoms with Gasteiger partial charge in [-0.25, -0.2) is 0 Å². The quantitative estimate of drug-likeness (QED) is 0.592. The maximum Gasteiger partial charge on any atom is 0.418 e. The fourth-order valence-electron chi connectivity index (χ4n) is 1.70. The molecule has 0 bridgehead atoms. The Balaban J connectivity index is 2.36. The van der Waals surface area contributed by atoms with Gasteiger partial charge in [0.25, 0.3) is 5.91 Å². The van der Waals surface area contributed by atoms with Gasteiger partial charge in [-0.15, -0.1) is 0 Å². The van der Waals surface area contributed by atoms with Gasteiger partial charge in [-0.05, 0) is 68.9 Å². The van der Waals surface area contributed by atoms with E-state index in [1.165, 1.54) is 18.2 Å². The van der Waals surface area contributed by atoms with Gasteiger partial charge in [0.1, 0.15) is 0 Å². The molecule has 0 spiro atoms. The lowest BCUT2D eigenvalue weighted by Gasteiger charge is -2.14. The second-order valence-electron chi connectivity index (χ2n) is 4.12. The summed E-state index contributed by atoms with van der Waals surface area (Å²) < 4.78 is 39.9. The summed E-state index contributed by atoms with van der Waals surface area (Å²) >= 11 is 4.99. The zero-order chi connectivity index (χ0) is 15.6. The minimum Gasteiger partial charge on any atom is -0.321 e. The lowest BCUT2D eigenvalue weighted by atomic mass is 10.1. The first-order valence-electron chi connectivity index (χ1n) is 5.71. The molecule has 21 heavy (non-hydrogen) atoms. The molecule has 0 fully saturated rings. The van der Waals surface area contributed by atoms with Crippen LogP contribution in [0.4, 0.5) is 18.9 Å². The van der Waals surface area contributed by atoms with E-state index in [-0.39, 0.29) is 11.3 Å². The van der Waals surface area contributed by atoms with Gasteiger partial charge < -0.3 is 5.32 Å². The van der Waals surface area contributed by atoms with E-state index in [2.05, 4.69) is 21.2 Å². The van der Waals surface area contributed by atoms with Crippen LogP contribution in [0.3, 0.4) is 0 Å². The number of carbonyl (C=O) groups excluding carboxylic acids is 1. The molecule has 0 aliphatic carbocycles. The maximum absolute atomic E-state index is 13.0. The predicted molar refractivity (Wildman–Crippen MR) is 86.3 cm³/mol. The molecule has 0 heterocycles. The van der Waals surface area contributed by atoms with Crippen LogP contribution in [-0.2, 0) is 6.18 Å². The molecule has 0 aromatic heterocycles. The summed E-state index contributed by atoms with van der Waals surface area (Å²) in [6, 6.07) is 10.3. The van der Waals surface area contributed by atoms with Gasteiger partial charge in [0.15, 0.2) is 0 Å². The molecule has 0 saturated carbocycles. The average Bonchev–Trinajstić information content (AvgIpc) is 2.40. The van der Waals surface area contributed by atoms with Crippen LogP contribution in [0, 0.1) is 3.57 Å². The Kier molecular flexibility index (Phi) is 4.92. The summed E-state index contributed by atoms with van der Waals surface area (Å²) in [5, 5.41) is 2.31. The van der Waals surface area contributed by atoms with E-state index in [4.69, 9.17) is 0 Å². The molecule has 110 valence electrons. The van der Waals surface area contributed by atoms with Gasteiger partial charge in [-0.3, -0.25) is 4.79 Å². The van der Waals surface area contributed by atoms with E-state index in [1.54, 1.807) is 40.8 Å². The number of hydrogen-bond acceptors (Lipinski definition) is 1.